The number of pyridine rings is 1. The van der Waals surface area contributed by atoms with E-state index in [0.717, 1.165) is 6.20 Å². The van der Waals surface area contributed by atoms with E-state index in [-0.39, 0.29) is 0 Å². The first-order chi connectivity index (χ1) is 10.9. The molecule has 0 aliphatic rings. The van der Waals surface area contributed by atoms with E-state index in [2.05, 4.69) is 15.0 Å². The number of alkyl halides is 3. The second-order valence-corrected chi connectivity index (χ2v) is 5.64. The average Bonchev–Trinajstić information content (AvgIpc) is 2.41. The molecule has 0 aliphatic carbocycles. The highest BCUT2D eigenvalue weighted by molar-refractivity contribution is 5.97. The second kappa shape index (κ2) is 7.28. The number of carbonyl (C=O) groups is 2. The van der Waals surface area contributed by atoms with Crippen LogP contribution in [0, 0.1) is 0 Å². The molecule has 0 spiro atoms. The molecule has 10 heteroatoms. The van der Waals surface area contributed by atoms with E-state index in [1.807, 2.05) is 0 Å². The fraction of sp³-hybridized carbons (Fsp3) is 0.429. The van der Waals surface area contributed by atoms with Crippen molar-refractivity contribution < 1.29 is 32.3 Å². The molecular formula is C14H16F3N3O4. The Morgan fingerprint density at radius 2 is 1.92 bits per heavy atom. The van der Waals surface area contributed by atoms with Gasteiger partial charge in [-0.05, 0) is 26.8 Å². The van der Waals surface area contributed by atoms with Gasteiger partial charge < -0.3 is 15.3 Å². The number of esters is 1. The standard InChI is InChI=1S/C14H16F3N3O4/c1-13(2,3)23-11(21)6-10(18)20-24-12(22)8-7-19-5-4-9(8)14(15,16)17/h4-5,7H,6H2,1-3H3,(H2,18,20). The molecule has 24 heavy (non-hydrogen) atoms. The van der Waals surface area contributed by atoms with Crippen molar-refractivity contribution in [3.8, 4) is 0 Å². The summed E-state index contributed by atoms with van der Waals surface area (Å²) in [6.45, 7) is 4.91. The van der Waals surface area contributed by atoms with Gasteiger partial charge in [-0.3, -0.25) is 9.78 Å². The highest BCUT2D eigenvalue weighted by Gasteiger charge is 2.36. The molecule has 0 aromatic carbocycles. The number of rotatable bonds is 4. The van der Waals surface area contributed by atoms with Crippen LogP contribution >= 0.6 is 0 Å². The van der Waals surface area contributed by atoms with Crippen molar-refractivity contribution in [2.24, 2.45) is 10.9 Å². The zero-order valence-electron chi connectivity index (χ0n) is 13.2. The molecule has 0 radical (unpaired) electrons. The second-order valence-electron chi connectivity index (χ2n) is 5.64. The number of ether oxygens (including phenoxy) is 1. The topological polar surface area (TPSA) is 104 Å². The van der Waals surface area contributed by atoms with Crippen LogP contribution in [0.15, 0.2) is 23.6 Å². The molecule has 0 amide bonds. The van der Waals surface area contributed by atoms with Crippen molar-refractivity contribution in [1.82, 2.24) is 4.98 Å². The van der Waals surface area contributed by atoms with E-state index in [9.17, 15) is 22.8 Å². The maximum Gasteiger partial charge on any atom is 0.417 e. The molecule has 0 fully saturated rings. The Labute approximate surface area is 135 Å². The minimum Gasteiger partial charge on any atom is -0.460 e. The minimum atomic E-state index is -4.76. The Kier molecular flexibility index (Phi) is 5.88. The van der Waals surface area contributed by atoms with Gasteiger partial charge in [-0.2, -0.15) is 13.2 Å². The molecule has 0 saturated carbocycles. The number of carbonyl (C=O) groups excluding carboxylic acids is 2. The summed E-state index contributed by atoms with van der Waals surface area (Å²) >= 11 is 0. The van der Waals surface area contributed by atoms with Crippen LogP contribution < -0.4 is 5.73 Å². The van der Waals surface area contributed by atoms with Gasteiger partial charge in [-0.15, -0.1) is 0 Å². The van der Waals surface area contributed by atoms with Crippen LogP contribution in [0.25, 0.3) is 0 Å². The summed E-state index contributed by atoms with van der Waals surface area (Å²) in [6.07, 6.45) is -3.66. The predicted molar refractivity (Wildman–Crippen MR) is 76.7 cm³/mol. The van der Waals surface area contributed by atoms with E-state index in [1.165, 1.54) is 0 Å². The summed E-state index contributed by atoms with van der Waals surface area (Å²) in [5.74, 6) is -2.55. The van der Waals surface area contributed by atoms with Crippen molar-refractivity contribution >= 4 is 17.8 Å². The summed E-state index contributed by atoms with van der Waals surface area (Å²) in [7, 11) is 0. The van der Waals surface area contributed by atoms with Crippen LogP contribution in [0.5, 0.6) is 0 Å². The zero-order valence-corrected chi connectivity index (χ0v) is 13.2. The van der Waals surface area contributed by atoms with Crippen LogP contribution in [-0.4, -0.2) is 28.4 Å². The Balaban J connectivity index is 2.77. The molecule has 1 aromatic rings. The molecule has 1 rings (SSSR count). The monoisotopic (exact) mass is 347 g/mol. The highest BCUT2D eigenvalue weighted by Crippen LogP contribution is 2.31. The van der Waals surface area contributed by atoms with Gasteiger partial charge in [0.05, 0.1) is 11.1 Å². The Hall–Kier alpha value is -2.65. The number of halogens is 3. The smallest absolute Gasteiger partial charge is 0.417 e. The average molecular weight is 347 g/mol. The minimum absolute atomic E-state index is 0.421. The number of amidine groups is 1. The first-order valence-electron chi connectivity index (χ1n) is 6.67. The van der Waals surface area contributed by atoms with Crippen molar-refractivity contribution in [2.75, 3.05) is 0 Å². The fourth-order valence-electron chi connectivity index (χ4n) is 1.51. The lowest BCUT2D eigenvalue weighted by Gasteiger charge is -2.19. The molecule has 132 valence electrons. The molecule has 1 aromatic heterocycles. The normalized spacial score (nSPS) is 12.7. The first kappa shape index (κ1) is 19.4. The lowest BCUT2D eigenvalue weighted by Crippen LogP contribution is -2.27. The van der Waals surface area contributed by atoms with Crippen LogP contribution in [0.3, 0.4) is 0 Å². The first-order valence-corrected chi connectivity index (χ1v) is 6.67. The Bertz CT molecular complexity index is 651. The summed E-state index contributed by atoms with van der Waals surface area (Å²) in [6, 6.07) is 0.629. The van der Waals surface area contributed by atoms with Gasteiger partial charge in [0.15, 0.2) is 5.84 Å². The molecule has 0 atom stereocenters. The van der Waals surface area contributed by atoms with Gasteiger partial charge in [0.1, 0.15) is 12.0 Å². The van der Waals surface area contributed by atoms with E-state index in [0.29, 0.717) is 12.3 Å². The van der Waals surface area contributed by atoms with Crippen molar-refractivity contribution in [3.05, 3.63) is 29.6 Å². The molecule has 1 heterocycles. The zero-order chi connectivity index (χ0) is 18.5. The summed E-state index contributed by atoms with van der Waals surface area (Å²) in [5.41, 5.74) is 2.59. The Morgan fingerprint density at radius 1 is 1.29 bits per heavy atom. The molecular weight excluding hydrogens is 331 g/mol. The van der Waals surface area contributed by atoms with E-state index in [1.54, 1.807) is 20.8 Å². The lowest BCUT2D eigenvalue weighted by atomic mass is 10.1. The number of nitrogens with two attached hydrogens (primary N) is 1. The summed E-state index contributed by atoms with van der Waals surface area (Å²) < 4.78 is 43.3. The summed E-state index contributed by atoms with van der Waals surface area (Å²) in [4.78, 5) is 31.0. The SMILES string of the molecule is CC(C)(C)OC(=O)C/C(N)=N\OC(=O)c1cnccc1C(F)(F)F. The third-order valence-corrected chi connectivity index (χ3v) is 2.34. The van der Waals surface area contributed by atoms with Gasteiger partial charge in [-0.25, -0.2) is 4.79 Å². The van der Waals surface area contributed by atoms with E-state index < -0.39 is 47.1 Å². The number of hydrogen-bond acceptors (Lipinski definition) is 6. The van der Waals surface area contributed by atoms with E-state index in [4.69, 9.17) is 10.5 Å². The molecule has 7 nitrogen and oxygen atoms in total. The van der Waals surface area contributed by atoms with Crippen LogP contribution in [0.2, 0.25) is 0 Å². The molecule has 2 N–H and O–H groups in total. The summed E-state index contributed by atoms with van der Waals surface area (Å²) in [5, 5.41) is 3.14. The Morgan fingerprint density at radius 3 is 2.46 bits per heavy atom. The molecule has 0 bridgehead atoms. The predicted octanol–water partition coefficient (Wildman–Crippen LogP) is 2.26. The number of aromatic nitrogens is 1. The number of nitrogens with zero attached hydrogens (tertiary/aromatic N) is 2. The van der Waals surface area contributed by atoms with Crippen molar-refractivity contribution in [1.29, 1.82) is 0 Å². The third-order valence-electron chi connectivity index (χ3n) is 2.34. The maximum atomic E-state index is 12.8. The largest absolute Gasteiger partial charge is 0.460 e. The molecule has 0 saturated heterocycles. The van der Waals surface area contributed by atoms with Crippen LogP contribution in [-0.2, 0) is 20.5 Å². The van der Waals surface area contributed by atoms with E-state index >= 15 is 0 Å². The molecule has 0 unspecified atom stereocenters. The van der Waals surface area contributed by atoms with Gasteiger partial charge >= 0.3 is 18.1 Å². The van der Waals surface area contributed by atoms with Gasteiger partial charge in [0.2, 0.25) is 0 Å². The van der Waals surface area contributed by atoms with Crippen molar-refractivity contribution in [3.63, 3.8) is 0 Å². The quantitative estimate of drug-likeness (QED) is 0.295. The third kappa shape index (κ3) is 6.23. The van der Waals surface area contributed by atoms with Gasteiger partial charge in [0, 0.05) is 12.4 Å². The number of oxime groups is 1. The fourth-order valence-corrected chi connectivity index (χ4v) is 1.51. The molecule has 0 aliphatic heterocycles. The number of hydrogen-bond donors (Lipinski definition) is 1. The highest BCUT2D eigenvalue weighted by atomic mass is 19.4. The van der Waals surface area contributed by atoms with Gasteiger partial charge in [-0.1, -0.05) is 5.16 Å². The van der Waals surface area contributed by atoms with Crippen LogP contribution in [0.1, 0.15) is 43.1 Å². The van der Waals surface area contributed by atoms with Crippen molar-refractivity contribution in [2.45, 2.75) is 39.0 Å². The maximum absolute atomic E-state index is 12.8. The van der Waals surface area contributed by atoms with Gasteiger partial charge in [0.25, 0.3) is 0 Å². The van der Waals surface area contributed by atoms with Crippen LogP contribution in [0.4, 0.5) is 13.2 Å². The lowest BCUT2D eigenvalue weighted by molar-refractivity contribution is -0.153.